The molecule has 0 atom stereocenters. The molecule has 0 aromatic heterocycles. The van der Waals surface area contributed by atoms with Crippen molar-refractivity contribution >= 4 is 0 Å². The molecule has 0 bridgehead atoms. The summed E-state index contributed by atoms with van der Waals surface area (Å²) in [5.74, 6) is -0.119. The molecule has 1 saturated carbocycles. The lowest BCUT2D eigenvalue weighted by Gasteiger charge is -2.45. The third kappa shape index (κ3) is 2.07. The van der Waals surface area contributed by atoms with Crippen LogP contribution in [0.2, 0.25) is 0 Å². The second-order valence-corrected chi connectivity index (χ2v) is 5.79. The predicted molar refractivity (Wildman–Crippen MR) is 72.0 cm³/mol. The minimum Gasteiger partial charge on any atom is -0.294 e. The van der Waals surface area contributed by atoms with Gasteiger partial charge in [-0.2, -0.15) is 0 Å². The highest BCUT2D eigenvalue weighted by atomic mass is 19.1. The smallest absolute Gasteiger partial charge is 0.123 e. The zero-order chi connectivity index (χ0) is 12.4. The van der Waals surface area contributed by atoms with Gasteiger partial charge in [-0.25, -0.2) is 4.39 Å². The highest BCUT2D eigenvalue weighted by Gasteiger charge is 2.40. The molecular weight excluding hydrogens is 225 g/mol. The molecular formula is C16H22FN. The second kappa shape index (κ2) is 5.00. The number of nitrogens with zero attached hydrogens (tertiary/aromatic N) is 1. The molecule has 2 fully saturated rings. The van der Waals surface area contributed by atoms with Gasteiger partial charge in [-0.3, -0.25) is 4.90 Å². The minimum absolute atomic E-state index is 0.119. The van der Waals surface area contributed by atoms with Crippen LogP contribution in [0.15, 0.2) is 24.3 Å². The summed E-state index contributed by atoms with van der Waals surface area (Å²) in [6.07, 6.45) is 9.13. The lowest BCUT2D eigenvalue weighted by Crippen LogP contribution is -2.46. The van der Waals surface area contributed by atoms with Crippen molar-refractivity contribution in [3.63, 3.8) is 0 Å². The second-order valence-electron chi connectivity index (χ2n) is 5.79. The third-order valence-electron chi connectivity index (χ3n) is 4.77. The van der Waals surface area contributed by atoms with Gasteiger partial charge in [-0.1, -0.05) is 31.4 Å². The average molecular weight is 247 g/mol. The molecule has 3 rings (SSSR count). The summed E-state index contributed by atoms with van der Waals surface area (Å²) >= 11 is 0. The van der Waals surface area contributed by atoms with Crippen LogP contribution in [-0.4, -0.2) is 18.0 Å². The first kappa shape index (κ1) is 12.2. The van der Waals surface area contributed by atoms with E-state index in [-0.39, 0.29) is 11.4 Å². The van der Waals surface area contributed by atoms with Crippen molar-refractivity contribution in [3.8, 4) is 0 Å². The SMILES string of the molecule is Fc1ccc(C2(N3CCCC3)CCCCC2)cc1. The molecule has 0 unspecified atom stereocenters. The van der Waals surface area contributed by atoms with Gasteiger partial charge in [0.15, 0.2) is 0 Å². The number of benzene rings is 1. The Kier molecular flexibility index (Phi) is 3.38. The van der Waals surface area contributed by atoms with Crippen LogP contribution < -0.4 is 0 Å². The molecule has 0 radical (unpaired) electrons. The molecule has 1 aliphatic heterocycles. The Morgan fingerprint density at radius 1 is 0.833 bits per heavy atom. The van der Waals surface area contributed by atoms with Crippen LogP contribution in [0.5, 0.6) is 0 Å². The van der Waals surface area contributed by atoms with Gasteiger partial charge in [-0.05, 0) is 56.5 Å². The maximum absolute atomic E-state index is 13.1. The molecule has 98 valence electrons. The summed E-state index contributed by atoms with van der Waals surface area (Å²) in [4.78, 5) is 2.67. The van der Waals surface area contributed by atoms with Crippen LogP contribution in [0.1, 0.15) is 50.5 Å². The molecule has 1 aliphatic carbocycles. The topological polar surface area (TPSA) is 3.24 Å². The summed E-state index contributed by atoms with van der Waals surface area (Å²) in [5, 5.41) is 0. The molecule has 1 heterocycles. The maximum atomic E-state index is 13.1. The van der Waals surface area contributed by atoms with E-state index in [4.69, 9.17) is 0 Å². The van der Waals surface area contributed by atoms with Crippen molar-refractivity contribution in [1.29, 1.82) is 0 Å². The molecule has 0 spiro atoms. The molecule has 18 heavy (non-hydrogen) atoms. The maximum Gasteiger partial charge on any atom is 0.123 e. The fraction of sp³-hybridized carbons (Fsp3) is 0.625. The minimum atomic E-state index is -0.119. The number of halogens is 1. The Morgan fingerprint density at radius 2 is 1.44 bits per heavy atom. The van der Waals surface area contributed by atoms with E-state index in [9.17, 15) is 4.39 Å². The Labute approximate surface area is 109 Å². The van der Waals surface area contributed by atoms with E-state index in [0.717, 1.165) is 0 Å². The highest BCUT2D eigenvalue weighted by molar-refractivity contribution is 5.26. The zero-order valence-electron chi connectivity index (χ0n) is 11.0. The normalized spacial score (nSPS) is 24.3. The van der Waals surface area contributed by atoms with Crippen LogP contribution >= 0.6 is 0 Å². The predicted octanol–water partition coefficient (Wildman–Crippen LogP) is 4.08. The monoisotopic (exact) mass is 247 g/mol. The van der Waals surface area contributed by atoms with Crippen LogP contribution in [-0.2, 0) is 5.54 Å². The first-order valence-corrected chi connectivity index (χ1v) is 7.32. The Hall–Kier alpha value is -0.890. The van der Waals surface area contributed by atoms with Gasteiger partial charge in [-0.15, -0.1) is 0 Å². The molecule has 0 amide bonds. The Balaban J connectivity index is 1.95. The average Bonchev–Trinajstić information content (AvgIpc) is 2.95. The Morgan fingerprint density at radius 3 is 2.06 bits per heavy atom. The molecule has 2 aliphatic rings. The number of likely N-dealkylation sites (tertiary alicyclic amines) is 1. The zero-order valence-corrected chi connectivity index (χ0v) is 11.0. The van der Waals surface area contributed by atoms with Gasteiger partial charge in [0.2, 0.25) is 0 Å². The molecule has 1 saturated heterocycles. The first-order chi connectivity index (χ1) is 8.81. The van der Waals surface area contributed by atoms with E-state index in [1.807, 2.05) is 12.1 Å². The van der Waals surface area contributed by atoms with Gasteiger partial charge in [0.05, 0.1) is 0 Å². The molecule has 1 nitrogen and oxygen atoms in total. The van der Waals surface area contributed by atoms with Crippen molar-refractivity contribution in [2.75, 3.05) is 13.1 Å². The molecule has 2 heteroatoms. The lowest BCUT2D eigenvalue weighted by molar-refractivity contribution is 0.0705. The van der Waals surface area contributed by atoms with Crippen LogP contribution in [0, 0.1) is 5.82 Å². The van der Waals surface area contributed by atoms with Gasteiger partial charge in [0.25, 0.3) is 0 Å². The summed E-state index contributed by atoms with van der Waals surface area (Å²) < 4.78 is 13.1. The fourth-order valence-electron chi connectivity index (χ4n) is 3.83. The van der Waals surface area contributed by atoms with E-state index in [1.54, 1.807) is 12.1 Å². The number of rotatable bonds is 2. The quantitative estimate of drug-likeness (QED) is 0.761. The first-order valence-electron chi connectivity index (χ1n) is 7.32. The third-order valence-corrected chi connectivity index (χ3v) is 4.77. The summed E-state index contributed by atoms with van der Waals surface area (Å²) in [6, 6.07) is 7.28. The standard InChI is InChI=1S/C16H22FN/c17-15-8-6-14(7-9-15)16(10-2-1-3-11-16)18-12-4-5-13-18/h6-9H,1-5,10-13H2. The van der Waals surface area contributed by atoms with E-state index in [1.165, 1.54) is 63.6 Å². The Bertz CT molecular complexity index is 386. The molecule has 1 aromatic carbocycles. The van der Waals surface area contributed by atoms with Gasteiger partial charge < -0.3 is 0 Å². The van der Waals surface area contributed by atoms with E-state index in [0.29, 0.717) is 0 Å². The van der Waals surface area contributed by atoms with Crippen molar-refractivity contribution in [2.24, 2.45) is 0 Å². The largest absolute Gasteiger partial charge is 0.294 e. The van der Waals surface area contributed by atoms with Crippen LogP contribution in [0.3, 0.4) is 0 Å². The van der Waals surface area contributed by atoms with Crippen molar-refractivity contribution in [3.05, 3.63) is 35.6 Å². The number of hydrogen-bond donors (Lipinski definition) is 0. The van der Waals surface area contributed by atoms with Crippen molar-refractivity contribution in [2.45, 2.75) is 50.5 Å². The van der Waals surface area contributed by atoms with Gasteiger partial charge in [0, 0.05) is 5.54 Å². The van der Waals surface area contributed by atoms with Crippen molar-refractivity contribution in [1.82, 2.24) is 4.90 Å². The van der Waals surface area contributed by atoms with Crippen LogP contribution in [0.4, 0.5) is 4.39 Å². The molecule has 1 aromatic rings. The summed E-state index contributed by atoms with van der Waals surface area (Å²) in [5.41, 5.74) is 1.55. The van der Waals surface area contributed by atoms with Gasteiger partial charge in [0.1, 0.15) is 5.82 Å². The summed E-state index contributed by atoms with van der Waals surface area (Å²) in [6.45, 7) is 2.44. The lowest BCUT2D eigenvalue weighted by atomic mass is 9.75. The summed E-state index contributed by atoms with van der Waals surface area (Å²) in [7, 11) is 0. The van der Waals surface area contributed by atoms with E-state index < -0.39 is 0 Å². The van der Waals surface area contributed by atoms with Crippen LogP contribution in [0.25, 0.3) is 0 Å². The highest BCUT2D eigenvalue weighted by Crippen LogP contribution is 2.43. The van der Waals surface area contributed by atoms with E-state index >= 15 is 0 Å². The number of hydrogen-bond acceptors (Lipinski definition) is 1. The molecule has 0 N–H and O–H groups in total. The van der Waals surface area contributed by atoms with Crippen molar-refractivity contribution < 1.29 is 4.39 Å². The van der Waals surface area contributed by atoms with Gasteiger partial charge >= 0.3 is 0 Å². The fourth-order valence-corrected chi connectivity index (χ4v) is 3.83. The van der Waals surface area contributed by atoms with E-state index in [2.05, 4.69) is 4.90 Å².